The number of rotatable bonds is 5. The topological polar surface area (TPSA) is 77.6 Å². The molecule has 32 heavy (non-hydrogen) atoms. The maximum absolute atomic E-state index is 13.1. The van der Waals surface area contributed by atoms with Gasteiger partial charge in [0.2, 0.25) is 0 Å². The molecule has 1 aromatic carbocycles. The smallest absolute Gasteiger partial charge is 0.259 e. The summed E-state index contributed by atoms with van der Waals surface area (Å²) in [5.41, 5.74) is 4.16. The van der Waals surface area contributed by atoms with Gasteiger partial charge in [0.15, 0.2) is 5.82 Å². The van der Waals surface area contributed by atoms with Gasteiger partial charge in [-0.3, -0.25) is 4.79 Å². The van der Waals surface area contributed by atoms with E-state index >= 15 is 0 Å². The Hall–Kier alpha value is -3.74. The molecule has 0 spiro atoms. The number of hydrogen-bond acceptors (Lipinski definition) is 4. The number of carbonyl (C=O) groups is 1. The van der Waals surface area contributed by atoms with Crippen molar-refractivity contribution in [2.45, 2.75) is 45.6 Å². The number of nitrogens with zero attached hydrogens (tertiary/aromatic N) is 5. The minimum absolute atomic E-state index is 0.106. The van der Waals surface area contributed by atoms with Crippen LogP contribution in [-0.4, -0.2) is 30.2 Å². The zero-order chi connectivity index (χ0) is 22.1. The lowest BCUT2D eigenvalue weighted by atomic mass is 10.1. The zero-order valence-corrected chi connectivity index (χ0v) is 18.3. The van der Waals surface area contributed by atoms with Crippen LogP contribution in [-0.2, 0) is 13.0 Å². The van der Waals surface area contributed by atoms with Crippen LogP contribution in [0.5, 0.6) is 0 Å². The lowest BCUT2D eigenvalue weighted by Crippen LogP contribution is -2.15. The van der Waals surface area contributed by atoms with Crippen LogP contribution in [0.3, 0.4) is 0 Å². The van der Waals surface area contributed by atoms with Gasteiger partial charge in [0.1, 0.15) is 5.82 Å². The summed E-state index contributed by atoms with van der Waals surface area (Å²) >= 11 is 0. The van der Waals surface area contributed by atoms with E-state index in [1.807, 2.05) is 56.3 Å². The van der Waals surface area contributed by atoms with E-state index in [2.05, 4.69) is 26.2 Å². The van der Waals surface area contributed by atoms with Crippen LogP contribution in [0.4, 0.5) is 5.69 Å². The van der Waals surface area contributed by atoms with E-state index in [4.69, 9.17) is 4.98 Å². The monoisotopic (exact) mass is 426 g/mol. The third-order valence-corrected chi connectivity index (χ3v) is 5.81. The fourth-order valence-electron chi connectivity index (χ4n) is 4.22. The highest BCUT2D eigenvalue weighted by Crippen LogP contribution is 2.26. The van der Waals surface area contributed by atoms with Crippen LogP contribution >= 0.6 is 0 Å². The van der Waals surface area contributed by atoms with Gasteiger partial charge in [-0.15, -0.1) is 0 Å². The van der Waals surface area contributed by atoms with Crippen LogP contribution in [0.15, 0.2) is 61.1 Å². The number of aromatic nitrogens is 5. The van der Waals surface area contributed by atoms with Gasteiger partial charge in [-0.25, -0.2) is 14.6 Å². The molecule has 4 heterocycles. The molecule has 7 nitrogen and oxygen atoms in total. The van der Waals surface area contributed by atoms with Gasteiger partial charge in [0.05, 0.1) is 23.1 Å². The molecule has 1 aliphatic rings. The number of nitrogens with one attached hydrogen (secondary N) is 1. The Bertz CT molecular complexity index is 1210. The number of imidazole rings is 1. The van der Waals surface area contributed by atoms with Gasteiger partial charge in [0.25, 0.3) is 5.91 Å². The van der Waals surface area contributed by atoms with Gasteiger partial charge < -0.3 is 9.88 Å². The molecule has 5 rings (SSSR count). The normalized spacial score (nSPS) is 13.2. The van der Waals surface area contributed by atoms with Gasteiger partial charge in [-0.2, -0.15) is 5.10 Å². The molecule has 1 aliphatic heterocycles. The third kappa shape index (κ3) is 3.82. The number of benzene rings is 1. The fraction of sp³-hybridized carbons (Fsp3) is 0.280. The second kappa shape index (κ2) is 8.42. The molecule has 0 unspecified atom stereocenters. The summed E-state index contributed by atoms with van der Waals surface area (Å²) in [4.78, 5) is 22.2. The van der Waals surface area contributed by atoms with Crippen molar-refractivity contribution < 1.29 is 4.79 Å². The molecule has 162 valence electrons. The van der Waals surface area contributed by atoms with Crippen LogP contribution < -0.4 is 5.32 Å². The molecule has 0 saturated carbocycles. The Morgan fingerprint density at radius 3 is 2.66 bits per heavy atom. The molecule has 1 N–H and O–H groups in total. The Morgan fingerprint density at radius 2 is 1.94 bits per heavy atom. The van der Waals surface area contributed by atoms with Crippen LogP contribution in [0.2, 0.25) is 0 Å². The van der Waals surface area contributed by atoms with Crippen molar-refractivity contribution in [1.29, 1.82) is 0 Å². The van der Waals surface area contributed by atoms with E-state index in [1.165, 1.54) is 12.8 Å². The highest BCUT2D eigenvalue weighted by molar-refractivity contribution is 6.05. The molecule has 0 saturated heterocycles. The Kier molecular flexibility index (Phi) is 5.31. The van der Waals surface area contributed by atoms with Crippen LogP contribution in [0.1, 0.15) is 54.5 Å². The maximum Gasteiger partial charge on any atom is 0.259 e. The van der Waals surface area contributed by atoms with E-state index in [1.54, 1.807) is 17.1 Å². The van der Waals surface area contributed by atoms with Crippen molar-refractivity contribution in [3.63, 3.8) is 0 Å². The van der Waals surface area contributed by atoms with Gasteiger partial charge >= 0.3 is 0 Å². The van der Waals surface area contributed by atoms with E-state index in [-0.39, 0.29) is 11.8 Å². The molecule has 0 bridgehead atoms. The standard InChI is InChI=1S/C25H26N6O/c1-17(2)24-20(15-27-31(24)22-7-3-5-13-26-22)25(32)28-19-11-9-18(10-12-19)21-16-30-14-6-4-8-23(30)29-21/h3,5,7,9-13,15-17H,4,6,8,14H2,1-2H3,(H,28,32). The Balaban J connectivity index is 1.36. The number of amides is 1. The molecular weight excluding hydrogens is 400 g/mol. The van der Waals surface area contributed by atoms with Gasteiger partial charge in [-0.1, -0.05) is 32.0 Å². The summed E-state index contributed by atoms with van der Waals surface area (Å²) in [6, 6.07) is 13.5. The Morgan fingerprint density at radius 1 is 1.09 bits per heavy atom. The fourth-order valence-corrected chi connectivity index (χ4v) is 4.22. The van der Waals surface area contributed by atoms with Gasteiger partial charge in [0, 0.05) is 36.6 Å². The molecule has 7 heteroatoms. The van der Waals surface area contributed by atoms with E-state index < -0.39 is 0 Å². The summed E-state index contributed by atoms with van der Waals surface area (Å²) in [6.45, 7) is 5.14. The maximum atomic E-state index is 13.1. The summed E-state index contributed by atoms with van der Waals surface area (Å²) < 4.78 is 3.99. The third-order valence-electron chi connectivity index (χ3n) is 5.81. The van der Waals surface area contributed by atoms with Crippen molar-refractivity contribution >= 4 is 11.6 Å². The predicted octanol–water partition coefficient (Wildman–Crippen LogP) is 4.84. The zero-order valence-electron chi connectivity index (χ0n) is 18.3. The summed E-state index contributed by atoms with van der Waals surface area (Å²) in [6.07, 6.45) is 8.92. The predicted molar refractivity (Wildman–Crippen MR) is 124 cm³/mol. The SMILES string of the molecule is CC(C)c1c(C(=O)Nc2ccc(-c3cn4c(n3)CCCC4)cc2)cnn1-c1ccccn1. The van der Waals surface area contributed by atoms with Crippen LogP contribution in [0, 0.1) is 0 Å². The average molecular weight is 427 g/mol. The first-order chi connectivity index (χ1) is 15.6. The largest absolute Gasteiger partial charge is 0.334 e. The number of aryl methyl sites for hydroxylation is 2. The van der Waals surface area contributed by atoms with Crippen molar-refractivity contribution in [3.05, 3.63) is 78.1 Å². The summed E-state index contributed by atoms with van der Waals surface area (Å²) in [5, 5.41) is 7.45. The number of fused-ring (bicyclic) bond motifs is 1. The molecule has 1 amide bonds. The first-order valence-corrected chi connectivity index (χ1v) is 11.1. The molecule has 0 aliphatic carbocycles. The summed E-state index contributed by atoms with van der Waals surface area (Å²) in [5.74, 6) is 1.78. The molecule has 4 aromatic rings. The molecule has 0 atom stereocenters. The highest BCUT2D eigenvalue weighted by atomic mass is 16.1. The molecule has 0 radical (unpaired) electrons. The second-order valence-corrected chi connectivity index (χ2v) is 8.42. The lowest BCUT2D eigenvalue weighted by molar-refractivity contribution is 0.102. The van der Waals surface area contributed by atoms with E-state index in [0.717, 1.165) is 41.4 Å². The minimum atomic E-state index is -0.180. The first-order valence-electron chi connectivity index (χ1n) is 11.1. The van der Waals surface area contributed by atoms with Crippen molar-refractivity contribution in [3.8, 4) is 17.1 Å². The second-order valence-electron chi connectivity index (χ2n) is 8.42. The number of pyridine rings is 1. The van der Waals surface area contributed by atoms with Crippen molar-refractivity contribution in [2.75, 3.05) is 5.32 Å². The quantitative estimate of drug-likeness (QED) is 0.495. The average Bonchev–Trinajstić information content (AvgIpc) is 3.45. The minimum Gasteiger partial charge on any atom is -0.334 e. The number of carbonyl (C=O) groups excluding carboxylic acids is 1. The molecule has 3 aromatic heterocycles. The number of anilines is 1. The van der Waals surface area contributed by atoms with E-state index in [0.29, 0.717) is 11.4 Å². The van der Waals surface area contributed by atoms with Gasteiger partial charge in [-0.05, 0) is 43.0 Å². The molecule has 0 fully saturated rings. The first kappa shape index (κ1) is 20.2. The number of hydrogen-bond donors (Lipinski definition) is 1. The van der Waals surface area contributed by atoms with Crippen molar-refractivity contribution in [2.24, 2.45) is 0 Å². The summed E-state index contributed by atoms with van der Waals surface area (Å²) in [7, 11) is 0. The van der Waals surface area contributed by atoms with E-state index in [9.17, 15) is 4.79 Å². The Labute approximate surface area is 187 Å². The van der Waals surface area contributed by atoms with Crippen molar-refractivity contribution in [1.82, 2.24) is 24.3 Å². The lowest BCUT2D eigenvalue weighted by Gasteiger charge is -2.12. The molecular formula is C25H26N6O. The van der Waals surface area contributed by atoms with Crippen LogP contribution in [0.25, 0.3) is 17.1 Å². The highest BCUT2D eigenvalue weighted by Gasteiger charge is 2.21.